The first kappa shape index (κ1) is 17.7. The van der Waals surface area contributed by atoms with Crippen molar-refractivity contribution in [2.75, 3.05) is 17.2 Å². The molecule has 0 saturated heterocycles. The minimum absolute atomic E-state index is 0.558. The quantitative estimate of drug-likeness (QED) is 0.553. The number of benzene rings is 1. The van der Waals surface area contributed by atoms with Gasteiger partial charge in [0.05, 0.1) is 0 Å². The minimum atomic E-state index is 0.558. The molecular weight excluding hydrogens is 308 g/mol. The topological polar surface area (TPSA) is 49.8 Å². The number of hydrogen-bond donors (Lipinski definition) is 2. The maximum Gasteiger partial charge on any atom is 0.132 e. The van der Waals surface area contributed by atoms with E-state index in [1.165, 1.54) is 44.1 Å². The molecule has 25 heavy (non-hydrogen) atoms. The van der Waals surface area contributed by atoms with Crippen LogP contribution in [0.1, 0.15) is 56.3 Å². The first-order valence-electron chi connectivity index (χ1n) is 9.69. The van der Waals surface area contributed by atoms with Gasteiger partial charge in [-0.1, -0.05) is 56.0 Å². The molecule has 1 saturated carbocycles. The van der Waals surface area contributed by atoms with E-state index in [1.807, 2.05) is 6.92 Å². The van der Waals surface area contributed by atoms with E-state index in [0.29, 0.717) is 6.04 Å². The smallest absolute Gasteiger partial charge is 0.132 e. The Morgan fingerprint density at radius 2 is 1.68 bits per heavy atom. The fourth-order valence-corrected chi connectivity index (χ4v) is 3.52. The second-order valence-electron chi connectivity index (χ2n) is 7.03. The zero-order valence-corrected chi connectivity index (χ0v) is 15.3. The van der Waals surface area contributed by atoms with Crippen molar-refractivity contribution in [3.8, 4) is 0 Å². The summed E-state index contributed by atoms with van der Waals surface area (Å²) < 4.78 is 0. The summed E-state index contributed by atoms with van der Waals surface area (Å²) >= 11 is 0. The fourth-order valence-electron chi connectivity index (χ4n) is 3.52. The van der Waals surface area contributed by atoms with Gasteiger partial charge in [0.1, 0.15) is 17.5 Å². The second kappa shape index (κ2) is 9.40. The molecule has 0 aliphatic heterocycles. The number of nitrogens with one attached hydrogen (secondary N) is 2. The molecule has 3 rings (SSSR count). The molecule has 4 nitrogen and oxygen atoms in total. The lowest BCUT2D eigenvalue weighted by atomic mass is 10.1. The molecule has 2 aromatic rings. The lowest BCUT2D eigenvalue weighted by Crippen LogP contribution is -2.19. The van der Waals surface area contributed by atoms with Crippen LogP contribution in [-0.4, -0.2) is 22.6 Å². The number of rotatable bonds is 7. The van der Waals surface area contributed by atoms with E-state index in [0.717, 1.165) is 36.8 Å². The Balaban J connectivity index is 1.50. The van der Waals surface area contributed by atoms with Crippen molar-refractivity contribution in [1.29, 1.82) is 0 Å². The van der Waals surface area contributed by atoms with Gasteiger partial charge in [-0.15, -0.1) is 0 Å². The summed E-state index contributed by atoms with van der Waals surface area (Å²) in [5, 5.41) is 7.08. The van der Waals surface area contributed by atoms with Gasteiger partial charge < -0.3 is 10.6 Å². The molecular formula is C21H30N4. The summed E-state index contributed by atoms with van der Waals surface area (Å²) in [6, 6.07) is 13.2. The third-order valence-electron chi connectivity index (χ3n) is 4.84. The molecule has 134 valence electrons. The maximum atomic E-state index is 4.57. The lowest BCUT2D eigenvalue weighted by Gasteiger charge is -2.18. The normalized spacial score (nSPS) is 15.6. The molecule has 1 aliphatic carbocycles. The lowest BCUT2D eigenvalue weighted by molar-refractivity contribution is 0.617. The number of nitrogens with zero attached hydrogens (tertiary/aromatic N) is 2. The Hall–Kier alpha value is -2.10. The second-order valence-corrected chi connectivity index (χ2v) is 7.03. The van der Waals surface area contributed by atoms with Gasteiger partial charge in [0.2, 0.25) is 0 Å². The summed E-state index contributed by atoms with van der Waals surface area (Å²) in [4.78, 5) is 9.10. The summed E-state index contributed by atoms with van der Waals surface area (Å²) in [5.74, 6) is 2.71. The maximum absolute atomic E-state index is 4.57. The van der Waals surface area contributed by atoms with Gasteiger partial charge in [0.25, 0.3) is 0 Å². The fraction of sp³-hybridized carbons (Fsp3) is 0.524. The van der Waals surface area contributed by atoms with Crippen molar-refractivity contribution in [2.24, 2.45) is 0 Å². The molecule has 1 heterocycles. The molecule has 2 N–H and O–H groups in total. The van der Waals surface area contributed by atoms with Crippen LogP contribution >= 0.6 is 0 Å². The van der Waals surface area contributed by atoms with Crippen molar-refractivity contribution in [3.05, 3.63) is 47.8 Å². The van der Waals surface area contributed by atoms with Gasteiger partial charge in [0.15, 0.2) is 0 Å². The Kier molecular flexibility index (Phi) is 6.66. The van der Waals surface area contributed by atoms with E-state index in [-0.39, 0.29) is 0 Å². The van der Waals surface area contributed by atoms with E-state index in [1.54, 1.807) is 0 Å². The molecule has 0 bridgehead atoms. The Bertz CT molecular complexity index is 634. The van der Waals surface area contributed by atoms with E-state index in [2.05, 4.69) is 57.0 Å². The molecule has 0 spiro atoms. The van der Waals surface area contributed by atoms with Crippen LogP contribution in [0.2, 0.25) is 0 Å². The van der Waals surface area contributed by atoms with Crippen LogP contribution in [0.25, 0.3) is 0 Å². The third kappa shape index (κ3) is 6.04. The molecule has 1 aromatic carbocycles. The highest BCUT2D eigenvalue weighted by molar-refractivity contribution is 5.48. The Morgan fingerprint density at radius 3 is 2.44 bits per heavy atom. The van der Waals surface area contributed by atoms with Crippen molar-refractivity contribution >= 4 is 11.6 Å². The van der Waals surface area contributed by atoms with Crippen LogP contribution in [0.5, 0.6) is 0 Å². The average molecular weight is 338 g/mol. The molecule has 0 radical (unpaired) electrons. The van der Waals surface area contributed by atoms with Crippen LogP contribution in [-0.2, 0) is 6.42 Å². The third-order valence-corrected chi connectivity index (χ3v) is 4.84. The highest BCUT2D eigenvalue weighted by atomic mass is 15.1. The van der Waals surface area contributed by atoms with Crippen molar-refractivity contribution < 1.29 is 0 Å². The molecule has 1 fully saturated rings. The van der Waals surface area contributed by atoms with Gasteiger partial charge in [-0.3, -0.25) is 0 Å². The number of anilines is 2. The van der Waals surface area contributed by atoms with Crippen molar-refractivity contribution in [3.63, 3.8) is 0 Å². The highest BCUT2D eigenvalue weighted by Crippen LogP contribution is 2.21. The van der Waals surface area contributed by atoms with E-state index in [9.17, 15) is 0 Å². The largest absolute Gasteiger partial charge is 0.370 e. The zero-order chi connectivity index (χ0) is 17.3. The highest BCUT2D eigenvalue weighted by Gasteiger charge is 2.13. The van der Waals surface area contributed by atoms with Gasteiger partial charge in [-0.25, -0.2) is 9.97 Å². The SMILES string of the molecule is Cc1nc(NCCCc2ccccc2)cc(NC2CCCCCC2)n1. The number of aryl methyl sites for hydroxylation is 2. The van der Waals surface area contributed by atoms with Gasteiger partial charge in [-0.2, -0.15) is 0 Å². The summed E-state index contributed by atoms with van der Waals surface area (Å²) in [7, 11) is 0. The van der Waals surface area contributed by atoms with Gasteiger partial charge >= 0.3 is 0 Å². The summed E-state index contributed by atoms with van der Waals surface area (Å²) in [5.41, 5.74) is 1.39. The van der Waals surface area contributed by atoms with Crippen LogP contribution in [0.3, 0.4) is 0 Å². The summed E-state index contributed by atoms with van der Waals surface area (Å²) in [6.45, 7) is 2.89. The van der Waals surface area contributed by atoms with Gasteiger partial charge in [0, 0.05) is 18.7 Å². The standard InChI is InChI=1S/C21H30N4/c1-17-23-20(22-15-9-12-18-10-5-4-6-11-18)16-21(24-17)25-19-13-7-2-3-8-14-19/h4-6,10-11,16,19H,2-3,7-9,12-15H2,1H3,(H2,22,23,24,25). The molecule has 4 heteroatoms. The van der Waals surface area contributed by atoms with E-state index >= 15 is 0 Å². The zero-order valence-electron chi connectivity index (χ0n) is 15.3. The minimum Gasteiger partial charge on any atom is -0.370 e. The average Bonchev–Trinajstić information content (AvgIpc) is 2.88. The van der Waals surface area contributed by atoms with Crippen LogP contribution in [0.4, 0.5) is 11.6 Å². The first-order chi connectivity index (χ1) is 12.3. The number of hydrogen-bond acceptors (Lipinski definition) is 4. The Labute approximate surface area is 151 Å². The molecule has 1 aliphatic rings. The van der Waals surface area contributed by atoms with E-state index < -0.39 is 0 Å². The van der Waals surface area contributed by atoms with E-state index in [4.69, 9.17) is 0 Å². The van der Waals surface area contributed by atoms with Crippen LogP contribution < -0.4 is 10.6 Å². The molecule has 1 aromatic heterocycles. The molecule has 0 unspecified atom stereocenters. The van der Waals surface area contributed by atoms with Crippen molar-refractivity contribution in [2.45, 2.75) is 64.3 Å². The Morgan fingerprint density at radius 1 is 0.960 bits per heavy atom. The predicted molar refractivity (Wildman–Crippen MR) is 105 cm³/mol. The molecule has 0 amide bonds. The number of aromatic nitrogens is 2. The van der Waals surface area contributed by atoms with Crippen LogP contribution in [0.15, 0.2) is 36.4 Å². The predicted octanol–water partition coefficient (Wildman–Crippen LogP) is 4.96. The van der Waals surface area contributed by atoms with Crippen LogP contribution in [0, 0.1) is 6.92 Å². The monoisotopic (exact) mass is 338 g/mol. The van der Waals surface area contributed by atoms with Gasteiger partial charge in [-0.05, 0) is 38.2 Å². The summed E-state index contributed by atoms with van der Waals surface area (Å²) in [6.07, 6.45) is 10.1. The van der Waals surface area contributed by atoms with Crippen molar-refractivity contribution in [1.82, 2.24) is 9.97 Å². The molecule has 0 atom stereocenters. The first-order valence-corrected chi connectivity index (χ1v) is 9.69.